The Morgan fingerprint density at radius 1 is 1.55 bits per heavy atom. The van der Waals surface area contributed by atoms with Crippen LogP contribution in [-0.2, 0) is 0 Å². The van der Waals surface area contributed by atoms with Gasteiger partial charge in [-0.15, -0.1) is 0 Å². The topological polar surface area (TPSA) is 0 Å². The van der Waals surface area contributed by atoms with Gasteiger partial charge in [0.1, 0.15) is 0 Å². The van der Waals surface area contributed by atoms with Gasteiger partial charge in [0.05, 0.1) is 0 Å². The van der Waals surface area contributed by atoms with E-state index >= 15 is 0 Å². The van der Waals surface area contributed by atoms with Crippen LogP contribution in [0.5, 0.6) is 0 Å². The molecular weight excluding hydrogens is 132 g/mol. The van der Waals surface area contributed by atoms with Gasteiger partial charge in [-0.25, -0.2) is 0 Å². The first-order valence-corrected chi connectivity index (χ1v) is 4.34. The van der Waals surface area contributed by atoms with Crippen LogP contribution in [0.2, 0.25) is 0 Å². The zero-order chi connectivity index (χ0) is 8.69. The number of rotatable bonds is 4. The average molecular weight is 151 g/mol. The third-order valence-corrected chi connectivity index (χ3v) is 1.92. The molecule has 0 saturated heterocycles. The Balaban J connectivity index is 3.76. The van der Waals surface area contributed by atoms with Gasteiger partial charge in [0.15, 0.2) is 0 Å². The van der Waals surface area contributed by atoms with Crippen LogP contribution in [0.1, 0.15) is 33.6 Å². The van der Waals surface area contributed by atoms with E-state index in [0.717, 1.165) is 0 Å². The molecule has 0 aromatic heterocycles. The van der Waals surface area contributed by atoms with Gasteiger partial charge in [-0.2, -0.15) is 0 Å². The van der Waals surface area contributed by atoms with E-state index in [-0.39, 0.29) is 0 Å². The number of allylic oxidation sites excluding steroid dienone is 4. The lowest BCUT2D eigenvalue weighted by Crippen LogP contribution is -1.89. The minimum Gasteiger partial charge on any atom is -0.0880 e. The van der Waals surface area contributed by atoms with Crippen LogP contribution >= 0.6 is 0 Å². The second-order valence-corrected chi connectivity index (χ2v) is 2.95. The van der Waals surface area contributed by atoms with Crippen molar-refractivity contribution in [1.29, 1.82) is 0 Å². The minimum atomic E-state index is 0.555. The number of hydrogen-bond donors (Lipinski definition) is 0. The van der Waals surface area contributed by atoms with Crippen LogP contribution < -0.4 is 0 Å². The molecule has 0 fully saturated rings. The normalized spacial score (nSPS) is 15.8. The van der Waals surface area contributed by atoms with Crippen LogP contribution in [0.4, 0.5) is 0 Å². The van der Waals surface area contributed by atoms with E-state index in [2.05, 4.69) is 39.8 Å². The van der Waals surface area contributed by atoms with E-state index in [9.17, 15) is 0 Å². The largest absolute Gasteiger partial charge is 0.0880 e. The maximum Gasteiger partial charge on any atom is -0.00544 e. The molecule has 63 valence electrons. The highest BCUT2D eigenvalue weighted by molar-refractivity contribution is 5.10. The fraction of sp³-hybridized carbons (Fsp3) is 0.545. The van der Waals surface area contributed by atoms with E-state index in [1.807, 2.05) is 6.08 Å². The molecule has 1 unspecified atom stereocenters. The van der Waals surface area contributed by atoms with Gasteiger partial charge in [0.2, 0.25) is 0 Å². The molecule has 0 amide bonds. The predicted molar refractivity (Wildman–Crippen MR) is 52.3 cm³/mol. The Labute approximate surface area is 71.0 Å². The van der Waals surface area contributed by atoms with E-state index in [1.165, 1.54) is 18.4 Å². The lowest BCUT2D eigenvalue weighted by molar-refractivity contribution is 0.847. The zero-order valence-corrected chi connectivity index (χ0v) is 7.93. The van der Waals surface area contributed by atoms with E-state index < -0.39 is 0 Å². The fourth-order valence-corrected chi connectivity index (χ4v) is 0.805. The molecule has 0 saturated carbocycles. The average Bonchev–Trinajstić information content (AvgIpc) is 2.03. The summed E-state index contributed by atoms with van der Waals surface area (Å²) < 4.78 is 0. The van der Waals surface area contributed by atoms with E-state index in [4.69, 9.17) is 0 Å². The van der Waals surface area contributed by atoms with E-state index in [0.29, 0.717) is 5.92 Å². The lowest BCUT2D eigenvalue weighted by atomic mass is 10.0. The summed E-state index contributed by atoms with van der Waals surface area (Å²) in [7, 11) is 0. The highest BCUT2D eigenvalue weighted by atomic mass is 14.0. The quantitative estimate of drug-likeness (QED) is 0.537. The smallest absolute Gasteiger partial charge is 0.00544 e. The third kappa shape index (κ3) is 4.83. The highest BCUT2D eigenvalue weighted by Gasteiger charge is 1.95. The van der Waals surface area contributed by atoms with Crippen molar-refractivity contribution in [3.05, 3.63) is 30.7 Å². The molecule has 0 aliphatic rings. The molecule has 0 aliphatic heterocycles. The Morgan fingerprint density at radius 2 is 2.18 bits per heavy atom. The lowest BCUT2D eigenvalue weighted by Gasteiger charge is -2.04. The summed E-state index contributed by atoms with van der Waals surface area (Å²) in [5.74, 6) is 0.555. The first kappa shape index (κ1) is 10.5. The van der Waals surface area contributed by atoms with Gasteiger partial charge >= 0.3 is 0 Å². The van der Waals surface area contributed by atoms with Gasteiger partial charge in [-0.1, -0.05) is 44.1 Å². The Hall–Kier alpha value is -0.520. The molecule has 0 rings (SSSR count). The number of hydrogen-bond acceptors (Lipinski definition) is 0. The van der Waals surface area contributed by atoms with Crippen molar-refractivity contribution in [1.82, 2.24) is 0 Å². The van der Waals surface area contributed by atoms with Gasteiger partial charge in [0, 0.05) is 0 Å². The summed E-state index contributed by atoms with van der Waals surface area (Å²) in [5.41, 5.74) is 1.34. The monoisotopic (exact) mass is 151 g/mol. The first-order valence-electron chi connectivity index (χ1n) is 4.34. The molecule has 0 aliphatic carbocycles. The molecule has 0 heterocycles. The van der Waals surface area contributed by atoms with E-state index in [1.54, 1.807) is 0 Å². The summed E-state index contributed by atoms with van der Waals surface area (Å²) in [4.78, 5) is 0. The molecule has 0 spiro atoms. The standard InChI is InChI=1S/C11H19/c1-5-7-8-9-11(4)10(3)6-2/h6,8-9,11H,2,5,7H2,1,3-4H3. The second kappa shape index (κ2) is 6.21. The molecular formula is C11H19. The first-order chi connectivity index (χ1) is 5.22. The van der Waals surface area contributed by atoms with Crippen LogP contribution in [0.3, 0.4) is 0 Å². The Bertz CT molecular complexity index is 140. The van der Waals surface area contributed by atoms with Crippen molar-refractivity contribution in [2.45, 2.75) is 33.6 Å². The summed E-state index contributed by atoms with van der Waals surface area (Å²) in [5, 5.41) is 0. The van der Waals surface area contributed by atoms with Gasteiger partial charge in [0.25, 0.3) is 0 Å². The van der Waals surface area contributed by atoms with Crippen molar-refractivity contribution >= 4 is 0 Å². The van der Waals surface area contributed by atoms with Crippen molar-refractivity contribution in [3.8, 4) is 0 Å². The molecule has 0 N–H and O–H groups in total. The molecule has 0 nitrogen and oxygen atoms in total. The third-order valence-electron chi connectivity index (χ3n) is 1.92. The van der Waals surface area contributed by atoms with Crippen LogP contribution in [-0.4, -0.2) is 0 Å². The van der Waals surface area contributed by atoms with Crippen LogP contribution in [0, 0.1) is 12.8 Å². The predicted octanol–water partition coefficient (Wildman–Crippen LogP) is 3.76. The maximum absolute atomic E-state index is 3.74. The second-order valence-electron chi connectivity index (χ2n) is 2.95. The van der Waals surface area contributed by atoms with Crippen LogP contribution in [0.25, 0.3) is 0 Å². The molecule has 0 heteroatoms. The molecule has 0 aromatic carbocycles. The van der Waals surface area contributed by atoms with Crippen LogP contribution in [0.15, 0.2) is 23.8 Å². The summed E-state index contributed by atoms with van der Waals surface area (Å²) in [6.07, 6.45) is 8.85. The fourth-order valence-electron chi connectivity index (χ4n) is 0.805. The minimum absolute atomic E-state index is 0.555. The summed E-state index contributed by atoms with van der Waals surface area (Å²) >= 11 is 0. The zero-order valence-electron chi connectivity index (χ0n) is 7.93. The molecule has 0 aromatic rings. The summed E-state index contributed by atoms with van der Waals surface area (Å²) in [6, 6.07) is 0. The van der Waals surface area contributed by atoms with Crippen molar-refractivity contribution in [3.63, 3.8) is 0 Å². The maximum atomic E-state index is 3.74. The van der Waals surface area contributed by atoms with Crippen molar-refractivity contribution in [2.75, 3.05) is 0 Å². The van der Waals surface area contributed by atoms with Gasteiger partial charge in [-0.05, 0) is 26.2 Å². The Morgan fingerprint density at radius 3 is 2.64 bits per heavy atom. The molecule has 1 atom stereocenters. The molecule has 0 bridgehead atoms. The van der Waals surface area contributed by atoms with Crippen molar-refractivity contribution < 1.29 is 0 Å². The number of unbranched alkanes of at least 4 members (excludes halogenated alkanes) is 1. The molecule has 1 radical (unpaired) electrons. The van der Waals surface area contributed by atoms with Gasteiger partial charge in [-0.3, -0.25) is 0 Å². The van der Waals surface area contributed by atoms with Gasteiger partial charge < -0.3 is 0 Å². The van der Waals surface area contributed by atoms with Crippen molar-refractivity contribution in [2.24, 2.45) is 5.92 Å². The SMILES string of the molecule is [CH2]C=C(C)C(C)C=CCCC. The Kier molecular flexibility index (Phi) is 5.91. The summed E-state index contributed by atoms with van der Waals surface area (Å²) in [6.45, 7) is 10.2. The highest BCUT2D eigenvalue weighted by Crippen LogP contribution is 2.10. The molecule has 11 heavy (non-hydrogen) atoms.